The number of nitrogens with zero attached hydrogens (tertiary/aromatic N) is 1. The van der Waals surface area contributed by atoms with Crippen LogP contribution in [-0.4, -0.2) is 39.9 Å². The van der Waals surface area contributed by atoms with Crippen LogP contribution in [-0.2, 0) is 19.2 Å². The summed E-state index contributed by atoms with van der Waals surface area (Å²) in [5, 5.41) is 10.6. The Hall–Kier alpha value is -3.28. The predicted molar refractivity (Wildman–Crippen MR) is 112 cm³/mol. The molecule has 0 spiro atoms. The van der Waals surface area contributed by atoms with Gasteiger partial charge in [-0.25, -0.2) is 0 Å². The smallest absolute Gasteiger partial charge is 0.233 e. The average molecular weight is 417 g/mol. The molecule has 5 rings (SSSR count). The third-order valence-corrected chi connectivity index (χ3v) is 7.22. The zero-order valence-electron chi connectivity index (χ0n) is 17.4. The van der Waals surface area contributed by atoms with E-state index in [1.165, 1.54) is 11.0 Å². The van der Waals surface area contributed by atoms with Gasteiger partial charge in [0.1, 0.15) is 5.75 Å². The van der Waals surface area contributed by atoms with E-state index in [9.17, 15) is 24.3 Å². The van der Waals surface area contributed by atoms with Crippen LogP contribution in [0.4, 0.5) is 0 Å². The number of rotatable bonds is 2. The van der Waals surface area contributed by atoms with Crippen molar-refractivity contribution in [1.82, 2.24) is 4.90 Å². The minimum absolute atomic E-state index is 0.0403. The van der Waals surface area contributed by atoms with E-state index in [0.29, 0.717) is 35.2 Å². The molecule has 0 bridgehead atoms. The maximum atomic E-state index is 13.2. The topological polar surface area (TPSA) is 91.8 Å². The number of phenolic OH excluding ortho intramolecular Hbond substituents is 1. The summed E-state index contributed by atoms with van der Waals surface area (Å²) in [6, 6.07) is 6.80. The predicted octanol–water partition coefficient (Wildman–Crippen LogP) is 2.84. The number of hydrogen-bond acceptors (Lipinski definition) is 5. The van der Waals surface area contributed by atoms with Crippen molar-refractivity contribution in [2.24, 2.45) is 17.8 Å². The lowest BCUT2D eigenvalue weighted by atomic mass is 9.59. The molecule has 158 valence electrons. The zero-order valence-corrected chi connectivity index (χ0v) is 17.4. The van der Waals surface area contributed by atoms with Gasteiger partial charge >= 0.3 is 0 Å². The molecule has 0 radical (unpaired) electrons. The number of para-hydroxylation sites is 1. The molecule has 0 unspecified atom stereocenters. The Morgan fingerprint density at radius 1 is 1.06 bits per heavy atom. The van der Waals surface area contributed by atoms with Gasteiger partial charge in [-0.1, -0.05) is 29.8 Å². The molecule has 4 atom stereocenters. The van der Waals surface area contributed by atoms with Crippen LogP contribution in [0.5, 0.6) is 5.75 Å². The van der Waals surface area contributed by atoms with Gasteiger partial charge in [-0.2, -0.15) is 0 Å². The van der Waals surface area contributed by atoms with Crippen LogP contribution in [0.2, 0.25) is 0 Å². The highest BCUT2D eigenvalue weighted by atomic mass is 16.3. The van der Waals surface area contributed by atoms with Crippen LogP contribution in [0.25, 0.3) is 0 Å². The van der Waals surface area contributed by atoms with Crippen LogP contribution in [0, 0.1) is 17.8 Å². The number of phenols is 1. The molecule has 31 heavy (non-hydrogen) atoms. The molecule has 1 aliphatic heterocycles. The molecule has 2 amide bonds. The molecular weight excluding hydrogens is 394 g/mol. The fraction of sp³-hybridized carbons (Fsp3) is 0.360. The van der Waals surface area contributed by atoms with Gasteiger partial charge in [-0.3, -0.25) is 24.1 Å². The number of carbonyl (C=O) groups excluding carboxylic acids is 4. The van der Waals surface area contributed by atoms with Gasteiger partial charge in [0, 0.05) is 34.7 Å². The van der Waals surface area contributed by atoms with Crippen molar-refractivity contribution in [2.45, 2.75) is 32.6 Å². The molecule has 4 aliphatic rings. The van der Waals surface area contributed by atoms with Crippen LogP contribution < -0.4 is 0 Å². The van der Waals surface area contributed by atoms with Crippen molar-refractivity contribution in [3.63, 3.8) is 0 Å². The van der Waals surface area contributed by atoms with Gasteiger partial charge in [-0.15, -0.1) is 0 Å². The van der Waals surface area contributed by atoms with E-state index < -0.39 is 17.8 Å². The van der Waals surface area contributed by atoms with Crippen molar-refractivity contribution in [3.8, 4) is 5.75 Å². The number of hydrogen-bond donors (Lipinski definition) is 1. The van der Waals surface area contributed by atoms with Crippen molar-refractivity contribution < 1.29 is 24.3 Å². The third kappa shape index (κ3) is 2.63. The summed E-state index contributed by atoms with van der Waals surface area (Å²) in [7, 11) is 0. The number of aromatic hydroxyl groups is 1. The molecule has 1 saturated heterocycles. The summed E-state index contributed by atoms with van der Waals surface area (Å²) in [6.07, 6.45) is 4.00. The monoisotopic (exact) mass is 417 g/mol. The Kier molecular flexibility index (Phi) is 4.36. The summed E-state index contributed by atoms with van der Waals surface area (Å²) >= 11 is 0. The number of ketones is 2. The molecule has 6 heteroatoms. The number of Topliss-reactive ketones (excluding diaryl/α,β-unsaturated/α-hetero) is 1. The quantitative estimate of drug-likeness (QED) is 0.454. The number of carbonyl (C=O) groups is 4. The minimum Gasteiger partial charge on any atom is -0.508 e. The normalized spacial score (nSPS) is 30.1. The molecule has 0 aromatic heterocycles. The summed E-state index contributed by atoms with van der Waals surface area (Å²) in [5.41, 5.74) is 2.58. The first kappa shape index (κ1) is 19.7. The number of likely N-dealkylation sites (tertiary alicyclic amines) is 1. The largest absolute Gasteiger partial charge is 0.508 e. The summed E-state index contributed by atoms with van der Waals surface area (Å²) in [4.78, 5) is 53.4. The molecule has 6 nitrogen and oxygen atoms in total. The first-order valence-electron chi connectivity index (χ1n) is 10.7. The first-order valence-corrected chi connectivity index (χ1v) is 10.7. The number of allylic oxidation sites excluding steroid dienone is 6. The highest BCUT2D eigenvalue weighted by Gasteiger charge is 2.56. The second kappa shape index (κ2) is 6.87. The summed E-state index contributed by atoms with van der Waals surface area (Å²) in [6.45, 7) is 3.73. The molecule has 3 aliphatic carbocycles. The second-order valence-corrected chi connectivity index (χ2v) is 8.71. The van der Waals surface area contributed by atoms with Crippen LogP contribution in [0.3, 0.4) is 0 Å². The third-order valence-electron chi connectivity index (χ3n) is 7.22. The molecule has 1 heterocycles. The standard InChI is InChI=1S/C25H23NO5/c1-3-26-24(30)15-9-8-13-16(21(15)25(26)31)11-17-22(19(28)10-12(2)23(17)29)20(13)14-6-4-5-7-18(14)27/h4-8,10,15-16,20-21,27H,3,9,11H2,1-2H3/t15-,16+,20+,21-/m0/s1. The van der Waals surface area contributed by atoms with E-state index in [4.69, 9.17) is 0 Å². The van der Waals surface area contributed by atoms with E-state index in [1.807, 2.05) is 6.08 Å². The van der Waals surface area contributed by atoms with Crippen molar-refractivity contribution in [1.29, 1.82) is 0 Å². The van der Waals surface area contributed by atoms with E-state index >= 15 is 0 Å². The van der Waals surface area contributed by atoms with E-state index in [2.05, 4.69) is 0 Å². The Morgan fingerprint density at radius 3 is 2.52 bits per heavy atom. The lowest BCUT2D eigenvalue weighted by molar-refractivity contribution is -0.139. The number of imide groups is 1. The summed E-state index contributed by atoms with van der Waals surface area (Å²) < 4.78 is 0. The first-order chi connectivity index (χ1) is 14.8. The fourth-order valence-electron chi connectivity index (χ4n) is 5.85. The van der Waals surface area contributed by atoms with Gasteiger partial charge < -0.3 is 5.11 Å². The van der Waals surface area contributed by atoms with E-state index in [1.54, 1.807) is 38.1 Å². The van der Waals surface area contributed by atoms with Gasteiger partial charge in [0.05, 0.1) is 11.8 Å². The average Bonchev–Trinajstić information content (AvgIpc) is 3.01. The van der Waals surface area contributed by atoms with Gasteiger partial charge in [0.15, 0.2) is 11.6 Å². The fourth-order valence-corrected chi connectivity index (χ4v) is 5.85. The lowest BCUT2D eigenvalue weighted by Crippen LogP contribution is -2.39. The van der Waals surface area contributed by atoms with Crippen molar-refractivity contribution in [3.05, 3.63) is 64.3 Å². The van der Waals surface area contributed by atoms with Crippen molar-refractivity contribution >= 4 is 23.4 Å². The van der Waals surface area contributed by atoms with Gasteiger partial charge in [-0.05, 0) is 44.7 Å². The van der Waals surface area contributed by atoms with E-state index in [-0.39, 0.29) is 41.5 Å². The minimum atomic E-state index is -0.602. The number of amides is 2. The molecule has 1 N–H and O–H groups in total. The molecule has 1 aromatic rings. The second-order valence-electron chi connectivity index (χ2n) is 8.71. The molecular formula is C25H23NO5. The van der Waals surface area contributed by atoms with Crippen LogP contribution >= 0.6 is 0 Å². The molecule has 1 fully saturated rings. The van der Waals surface area contributed by atoms with Gasteiger partial charge in [0.25, 0.3) is 0 Å². The highest BCUT2D eigenvalue weighted by Crippen LogP contribution is 2.55. The maximum Gasteiger partial charge on any atom is 0.233 e. The Balaban J connectivity index is 1.72. The zero-order chi connectivity index (χ0) is 22.0. The van der Waals surface area contributed by atoms with E-state index in [0.717, 1.165) is 5.57 Å². The maximum absolute atomic E-state index is 13.2. The lowest BCUT2D eigenvalue weighted by Gasteiger charge is -2.42. The van der Waals surface area contributed by atoms with Crippen LogP contribution in [0.15, 0.2) is 58.7 Å². The van der Waals surface area contributed by atoms with Crippen molar-refractivity contribution in [2.75, 3.05) is 6.54 Å². The highest BCUT2D eigenvalue weighted by molar-refractivity contribution is 6.23. The van der Waals surface area contributed by atoms with Gasteiger partial charge in [0.2, 0.25) is 11.8 Å². The Labute approximate surface area is 179 Å². The Morgan fingerprint density at radius 2 is 1.81 bits per heavy atom. The summed E-state index contributed by atoms with van der Waals surface area (Å²) in [5.74, 6) is -2.66. The number of fused-ring (bicyclic) bond motifs is 3. The molecule has 1 aromatic carbocycles. The van der Waals surface area contributed by atoms with Crippen LogP contribution in [0.1, 0.15) is 38.2 Å². The SMILES string of the molecule is CCN1C(=O)[C@H]2[C@H](CC=C3[C@H](c4ccccc4O)C4=C(C[C@H]32)C(=O)C(C)=CC4=O)C1=O. The molecule has 0 saturated carbocycles. The number of benzene rings is 1. The Bertz CT molecular complexity index is 1150.